The van der Waals surface area contributed by atoms with E-state index in [0.717, 1.165) is 49.5 Å². The molecule has 3 aromatic rings. The van der Waals surface area contributed by atoms with Gasteiger partial charge in [0.2, 0.25) is 11.8 Å². The molecule has 0 spiro atoms. The van der Waals surface area contributed by atoms with Crippen molar-refractivity contribution in [3.05, 3.63) is 71.4 Å². The molecule has 1 atom stereocenters. The molecule has 0 aliphatic carbocycles. The summed E-state index contributed by atoms with van der Waals surface area (Å²) in [5, 5.41) is 3.06. The van der Waals surface area contributed by atoms with Crippen molar-refractivity contribution in [2.75, 3.05) is 38.2 Å². The van der Waals surface area contributed by atoms with Gasteiger partial charge in [-0.2, -0.15) is 4.98 Å². The smallest absolute Gasteiger partial charge is 0.258 e. The molecule has 1 N–H and O–H groups in total. The number of nitrogens with zero attached hydrogens (tertiary/aromatic N) is 4. The van der Waals surface area contributed by atoms with E-state index in [1.54, 1.807) is 13.3 Å². The largest absolute Gasteiger partial charge is 0.497 e. The van der Waals surface area contributed by atoms with Crippen LogP contribution < -0.4 is 19.7 Å². The van der Waals surface area contributed by atoms with Gasteiger partial charge in [0.1, 0.15) is 17.9 Å². The minimum atomic E-state index is -0.213. The number of carbonyl (C=O) groups excluding carboxylic acids is 1. The molecule has 1 saturated heterocycles. The number of benzene rings is 2. The molecule has 200 valence electrons. The topological polar surface area (TPSA) is 79.8 Å². The molecular formula is C30H37N5O3. The van der Waals surface area contributed by atoms with Crippen LogP contribution in [0.15, 0.2) is 54.7 Å². The van der Waals surface area contributed by atoms with Crippen LogP contribution >= 0.6 is 0 Å². The first kappa shape index (κ1) is 26.0. The van der Waals surface area contributed by atoms with Crippen LogP contribution in [0.25, 0.3) is 0 Å². The predicted molar refractivity (Wildman–Crippen MR) is 148 cm³/mol. The van der Waals surface area contributed by atoms with E-state index in [4.69, 9.17) is 14.5 Å². The van der Waals surface area contributed by atoms with Gasteiger partial charge in [-0.15, -0.1) is 0 Å². The van der Waals surface area contributed by atoms with Crippen molar-refractivity contribution in [2.45, 2.75) is 51.7 Å². The third-order valence-electron chi connectivity index (χ3n) is 7.50. The van der Waals surface area contributed by atoms with Crippen LogP contribution in [-0.2, 0) is 13.0 Å². The minimum absolute atomic E-state index is 0.213. The fourth-order valence-electron chi connectivity index (χ4n) is 5.24. The van der Waals surface area contributed by atoms with Crippen LogP contribution in [0.4, 0.5) is 11.6 Å². The summed E-state index contributed by atoms with van der Waals surface area (Å²) in [5.74, 6) is 1.40. The summed E-state index contributed by atoms with van der Waals surface area (Å²) >= 11 is 0. The Morgan fingerprint density at radius 2 is 1.95 bits per heavy atom. The molecule has 1 amide bonds. The average Bonchev–Trinajstić information content (AvgIpc) is 3.39. The number of hydrogen-bond donors (Lipinski definition) is 1. The summed E-state index contributed by atoms with van der Waals surface area (Å²) in [6.07, 6.45) is 7.26. The number of anilines is 2. The minimum Gasteiger partial charge on any atom is -0.497 e. The number of hydrogen-bond acceptors (Lipinski definition) is 7. The van der Waals surface area contributed by atoms with Gasteiger partial charge in [0.15, 0.2) is 0 Å². The van der Waals surface area contributed by atoms with Crippen LogP contribution in [0.2, 0.25) is 0 Å². The summed E-state index contributed by atoms with van der Waals surface area (Å²) in [6, 6.07) is 16.6. The molecule has 8 heteroatoms. The van der Waals surface area contributed by atoms with E-state index in [9.17, 15) is 4.79 Å². The van der Waals surface area contributed by atoms with Gasteiger partial charge >= 0.3 is 0 Å². The molecule has 2 aromatic carbocycles. The molecule has 1 aromatic heterocycles. The number of rotatable bonds is 10. The number of piperidine rings is 1. The first-order valence-corrected chi connectivity index (χ1v) is 13.6. The number of ether oxygens (including phenoxy) is 2. The Kier molecular flexibility index (Phi) is 8.38. The lowest BCUT2D eigenvalue weighted by Gasteiger charge is -2.33. The molecule has 0 bridgehead atoms. The van der Waals surface area contributed by atoms with Gasteiger partial charge in [-0.05, 0) is 68.5 Å². The highest BCUT2D eigenvalue weighted by Gasteiger charge is 2.25. The Morgan fingerprint density at radius 1 is 1.11 bits per heavy atom. The molecule has 1 fully saturated rings. The van der Waals surface area contributed by atoms with E-state index >= 15 is 0 Å². The van der Waals surface area contributed by atoms with Crippen molar-refractivity contribution in [1.29, 1.82) is 0 Å². The monoisotopic (exact) mass is 515 g/mol. The van der Waals surface area contributed by atoms with Crippen molar-refractivity contribution < 1.29 is 14.3 Å². The fraction of sp³-hybridized carbons (Fsp3) is 0.433. The number of para-hydroxylation sites is 1. The molecule has 3 heterocycles. The summed E-state index contributed by atoms with van der Waals surface area (Å²) in [5.41, 5.74) is 3.67. The third-order valence-corrected chi connectivity index (χ3v) is 7.50. The Hall–Kier alpha value is -3.65. The Bertz CT molecular complexity index is 1230. The highest BCUT2D eigenvalue weighted by molar-refractivity contribution is 5.96. The van der Waals surface area contributed by atoms with Crippen molar-refractivity contribution in [3.63, 3.8) is 0 Å². The van der Waals surface area contributed by atoms with E-state index in [0.29, 0.717) is 24.1 Å². The van der Waals surface area contributed by atoms with Gasteiger partial charge in [-0.1, -0.05) is 36.8 Å². The van der Waals surface area contributed by atoms with Gasteiger partial charge in [0.05, 0.1) is 7.11 Å². The molecule has 1 unspecified atom stereocenters. The maximum Gasteiger partial charge on any atom is 0.258 e. The lowest BCUT2D eigenvalue weighted by molar-refractivity contribution is 0.0943. The fourth-order valence-corrected chi connectivity index (χ4v) is 5.24. The molecule has 5 rings (SSSR count). The first-order chi connectivity index (χ1) is 18.6. The van der Waals surface area contributed by atoms with Crippen LogP contribution in [-0.4, -0.2) is 60.1 Å². The van der Waals surface area contributed by atoms with Crippen LogP contribution in [0.5, 0.6) is 11.6 Å². The summed E-state index contributed by atoms with van der Waals surface area (Å²) in [6.45, 7) is 6.10. The first-order valence-electron chi connectivity index (χ1n) is 13.6. The molecule has 8 nitrogen and oxygen atoms in total. The van der Waals surface area contributed by atoms with Crippen LogP contribution in [0.3, 0.4) is 0 Å². The second-order valence-electron chi connectivity index (χ2n) is 10.0. The molecular weight excluding hydrogens is 478 g/mol. The number of fused-ring (bicyclic) bond motifs is 1. The van der Waals surface area contributed by atoms with Gasteiger partial charge in [0.25, 0.3) is 5.91 Å². The lowest BCUT2D eigenvalue weighted by atomic mass is 10.0. The Balaban J connectivity index is 1.29. The maximum absolute atomic E-state index is 13.2. The molecule has 0 radical (unpaired) electrons. The standard InChI is InChI=1S/C30H37N5O3/c1-22-8-5-6-17-34(22)18-7-16-31-28(36)26-20-32-30(35-19-15-24-9-3-4-10-27(24)35)33-29(26)38-21-23-11-13-25(37-2)14-12-23/h3-4,9-14,20,22H,5-8,15-19,21H2,1-2H3,(H,31,36). The summed E-state index contributed by atoms with van der Waals surface area (Å²) in [4.78, 5) is 27.1. The normalized spacial score (nSPS) is 17.2. The number of likely N-dealkylation sites (tertiary alicyclic amines) is 1. The quantitative estimate of drug-likeness (QED) is 0.390. The van der Waals surface area contributed by atoms with Crippen molar-refractivity contribution in [3.8, 4) is 11.6 Å². The lowest BCUT2D eigenvalue weighted by Crippen LogP contribution is -2.39. The highest BCUT2D eigenvalue weighted by Crippen LogP contribution is 2.33. The van der Waals surface area contributed by atoms with Crippen LogP contribution in [0, 0.1) is 0 Å². The molecule has 0 saturated carbocycles. The van der Waals surface area contributed by atoms with E-state index in [2.05, 4.69) is 39.2 Å². The zero-order chi connectivity index (χ0) is 26.3. The second-order valence-corrected chi connectivity index (χ2v) is 10.0. The predicted octanol–water partition coefficient (Wildman–Crippen LogP) is 4.75. The number of aromatic nitrogens is 2. The van der Waals surface area contributed by atoms with Gasteiger partial charge in [0, 0.05) is 37.6 Å². The Morgan fingerprint density at radius 3 is 2.76 bits per heavy atom. The number of carbonyl (C=O) groups is 1. The Labute approximate surface area is 225 Å². The zero-order valence-corrected chi connectivity index (χ0v) is 22.4. The number of nitrogens with one attached hydrogen (secondary N) is 1. The SMILES string of the molecule is COc1ccc(COc2nc(N3CCc4ccccc43)ncc2C(=O)NCCCN2CCCCC2C)cc1. The average molecular weight is 516 g/mol. The van der Waals surface area contributed by atoms with E-state index < -0.39 is 0 Å². The highest BCUT2D eigenvalue weighted by atomic mass is 16.5. The van der Waals surface area contributed by atoms with Gasteiger partial charge in [-0.25, -0.2) is 4.98 Å². The van der Waals surface area contributed by atoms with Crippen LogP contribution in [0.1, 0.15) is 54.1 Å². The van der Waals surface area contributed by atoms with E-state index in [1.165, 1.54) is 24.8 Å². The van der Waals surface area contributed by atoms with Gasteiger partial charge in [-0.3, -0.25) is 4.79 Å². The molecule has 2 aliphatic heterocycles. The summed E-state index contributed by atoms with van der Waals surface area (Å²) in [7, 11) is 1.64. The van der Waals surface area contributed by atoms with Crippen molar-refractivity contribution in [1.82, 2.24) is 20.2 Å². The molecule has 38 heavy (non-hydrogen) atoms. The maximum atomic E-state index is 13.2. The second kappa shape index (κ2) is 12.3. The number of methoxy groups -OCH3 is 1. The summed E-state index contributed by atoms with van der Waals surface area (Å²) < 4.78 is 11.4. The van der Waals surface area contributed by atoms with Gasteiger partial charge < -0.3 is 24.6 Å². The van der Waals surface area contributed by atoms with Crippen molar-refractivity contribution in [2.24, 2.45) is 0 Å². The third kappa shape index (κ3) is 6.07. The number of amides is 1. The van der Waals surface area contributed by atoms with E-state index in [-0.39, 0.29) is 18.4 Å². The molecule has 2 aliphatic rings. The van der Waals surface area contributed by atoms with Crippen molar-refractivity contribution >= 4 is 17.5 Å². The zero-order valence-electron chi connectivity index (χ0n) is 22.4. The van der Waals surface area contributed by atoms with E-state index in [1.807, 2.05) is 36.4 Å².